The maximum atomic E-state index is 6.01. The molecule has 17 heavy (non-hydrogen) atoms. The summed E-state index contributed by atoms with van der Waals surface area (Å²) < 4.78 is 2.38. The van der Waals surface area contributed by atoms with Crippen molar-refractivity contribution in [2.75, 3.05) is 5.73 Å². The lowest BCUT2D eigenvalue weighted by atomic mass is 10.2. The summed E-state index contributed by atoms with van der Waals surface area (Å²) in [7, 11) is 0. The maximum Gasteiger partial charge on any atom is 0.113 e. The Balaban J connectivity index is 2.13. The molecule has 1 aromatic heterocycles. The van der Waals surface area contributed by atoms with E-state index in [9.17, 15) is 0 Å². The van der Waals surface area contributed by atoms with Crippen molar-refractivity contribution >= 4 is 16.7 Å². The molecule has 1 heterocycles. The highest BCUT2D eigenvalue weighted by Crippen LogP contribution is 2.41. The molecule has 3 nitrogen and oxygen atoms in total. The maximum absolute atomic E-state index is 6.01. The molecule has 2 aromatic rings. The van der Waals surface area contributed by atoms with E-state index in [2.05, 4.69) is 17.6 Å². The van der Waals surface area contributed by atoms with Gasteiger partial charge in [-0.05, 0) is 31.4 Å². The number of nitrogens with two attached hydrogens (primary N) is 1. The van der Waals surface area contributed by atoms with E-state index >= 15 is 0 Å². The normalized spacial score (nSPS) is 15.6. The number of unbranched alkanes of at least 4 members (excludes halogenated alkanes) is 1. The Morgan fingerprint density at radius 3 is 2.94 bits per heavy atom. The van der Waals surface area contributed by atoms with Crippen LogP contribution in [0.15, 0.2) is 18.2 Å². The first-order chi connectivity index (χ1) is 8.31. The van der Waals surface area contributed by atoms with Crippen molar-refractivity contribution in [2.24, 2.45) is 0 Å². The molecule has 1 saturated carbocycles. The molecule has 0 unspecified atom stereocenters. The van der Waals surface area contributed by atoms with Crippen LogP contribution in [0.1, 0.15) is 44.3 Å². The zero-order valence-corrected chi connectivity index (χ0v) is 10.3. The molecule has 90 valence electrons. The van der Waals surface area contributed by atoms with Gasteiger partial charge in [-0.1, -0.05) is 19.4 Å². The number of anilines is 1. The second-order valence-electron chi connectivity index (χ2n) is 4.96. The Morgan fingerprint density at radius 2 is 2.24 bits per heavy atom. The number of hydrogen-bond donors (Lipinski definition) is 1. The molecule has 0 bridgehead atoms. The standard InChI is InChI=1S/C14H19N3/c1-2-3-9-17-12-6-4-5-11(15)13(12)16-14(17)10-7-8-10/h4-6,10H,2-3,7-9,15H2,1H3. The predicted octanol–water partition coefficient (Wildman–Crippen LogP) is 3.30. The van der Waals surface area contributed by atoms with Gasteiger partial charge in [0.2, 0.25) is 0 Å². The summed E-state index contributed by atoms with van der Waals surface area (Å²) in [6.45, 7) is 3.30. The predicted molar refractivity (Wildman–Crippen MR) is 71.0 cm³/mol. The molecule has 2 N–H and O–H groups in total. The summed E-state index contributed by atoms with van der Waals surface area (Å²) in [5.74, 6) is 1.94. The van der Waals surface area contributed by atoms with Gasteiger partial charge in [0, 0.05) is 12.5 Å². The Hall–Kier alpha value is -1.51. The van der Waals surface area contributed by atoms with E-state index in [1.54, 1.807) is 0 Å². The largest absolute Gasteiger partial charge is 0.397 e. The molecule has 0 saturated heterocycles. The van der Waals surface area contributed by atoms with Crippen LogP contribution in [0.25, 0.3) is 11.0 Å². The number of hydrogen-bond acceptors (Lipinski definition) is 2. The number of aromatic nitrogens is 2. The van der Waals surface area contributed by atoms with Gasteiger partial charge in [-0.2, -0.15) is 0 Å². The lowest BCUT2D eigenvalue weighted by Gasteiger charge is -2.07. The molecule has 0 radical (unpaired) electrons. The highest BCUT2D eigenvalue weighted by atomic mass is 15.1. The average Bonchev–Trinajstić information content (AvgIpc) is 3.10. The molecule has 3 heteroatoms. The number of imidazole rings is 1. The highest BCUT2D eigenvalue weighted by molar-refractivity contribution is 5.87. The topological polar surface area (TPSA) is 43.8 Å². The number of aryl methyl sites for hydroxylation is 1. The second-order valence-corrected chi connectivity index (χ2v) is 4.96. The summed E-state index contributed by atoms with van der Waals surface area (Å²) in [4.78, 5) is 4.77. The zero-order valence-electron chi connectivity index (χ0n) is 10.3. The van der Waals surface area contributed by atoms with Gasteiger partial charge in [0.1, 0.15) is 11.3 Å². The monoisotopic (exact) mass is 229 g/mol. The zero-order chi connectivity index (χ0) is 11.8. The van der Waals surface area contributed by atoms with Crippen LogP contribution in [-0.2, 0) is 6.54 Å². The van der Waals surface area contributed by atoms with Crippen LogP contribution in [0, 0.1) is 0 Å². The molecular weight excluding hydrogens is 210 g/mol. The summed E-state index contributed by atoms with van der Waals surface area (Å²) in [5.41, 5.74) is 9.02. The number of benzene rings is 1. The van der Waals surface area contributed by atoms with Crippen LogP contribution in [-0.4, -0.2) is 9.55 Å². The van der Waals surface area contributed by atoms with Gasteiger partial charge >= 0.3 is 0 Å². The quantitative estimate of drug-likeness (QED) is 0.817. The van der Waals surface area contributed by atoms with Crippen LogP contribution in [0.5, 0.6) is 0 Å². The van der Waals surface area contributed by atoms with Gasteiger partial charge in [0.25, 0.3) is 0 Å². The van der Waals surface area contributed by atoms with E-state index in [1.165, 1.54) is 37.0 Å². The molecule has 3 rings (SSSR count). The van der Waals surface area contributed by atoms with Crippen LogP contribution in [0.2, 0.25) is 0 Å². The Bertz CT molecular complexity index is 538. The van der Waals surface area contributed by atoms with Crippen LogP contribution >= 0.6 is 0 Å². The van der Waals surface area contributed by atoms with Gasteiger partial charge in [-0.25, -0.2) is 4.98 Å². The third-order valence-electron chi connectivity index (χ3n) is 3.52. The number of para-hydroxylation sites is 1. The lowest BCUT2D eigenvalue weighted by molar-refractivity contribution is 0.617. The van der Waals surface area contributed by atoms with E-state index < -0.39 is 0 Å². The number of rotatable bonds is 4. The van der Waals surface area contributed by atoms with Crippen LogP contribution < -0.4 is 5.73 Å². The first-order valence-electron chi connectivity index (χ1n) is 6.56. The van der Waals surface area contributed by atoms with Crippen LogP contribution in [0.3, 0.4) is 0 Å². The number of nitrogens with zero attached hydrogens (tertiary/aromatic N) is 2. The van der Waals surface area contributed by atoms with Crippen molar-refractivity contribution < 1.29 is 0 Å². The summed E-state index contributed by atoms with van der Waals surface area (Å²) in [6, 6.07) is 6.11. The number of fused-ring (bicyclic) bond motifs is 1. The van der Waals surface area contributed by atoms with Crippen molar-refractivity contribution in [3.8, 4) is 0 Å². The van der Waals surface area contributed by atoms with Crippen molar-refractivity contribution in [3.63, 3.8) is 0 Å². The highest BCUT2D eigenvalue weighted by Gasteiger charge is 2.29. The fourth-order valence-corrected chi connectivity index (χ4v) is 2.39. The molecular formula is C14H19N3. The average molecular weight is 229 g/mol. The van der Waals surface area contributed by atoms with Crippen LogP contribution in [0.4, 0.5) is 5.69 Å². The first-order valence-corrected chi connectivity index (χ1v) is 6.56. The van der Waals surface area contributed by atoms with Gasteiger partial charge in [-0.3, -0.25) is 0 Å². The Labute approximate surface area is 102 Å². The van der Waals surface area contributed by atoms with E-state index in [0.717, 1.165) is 17.7 Å². The molecule has 1 aliphatic rings. The molecule has 0 spiro atoms. The third kappa shape index (κ3) is 1.79. The molecule has 0 aliphatic heterocycles. The van der Waals surface area contributed by atoms with E-state index in [1.807, 2.05) is 12.1 Å². The second kappa shape index (κ2) is 4.06. The minimum Gasteiger partial charge on any atom is -0.397 e. The van der Waals surface area contributed by atoms with Crippen molar-refractivity contribution in [1.29, 1.82) is 0 Å². The summed E-state index contributed by atoms with van der Waals surface area (Å²) in [5, 5.41) is 0. The minimum absolute atomic E-state index is 0.679. The van der Waals surface area contributed by atoms with E-state index in [4.69, 9.17) is 10.7 Å². The van der Waals surface area contributed by atoms with E-state index in [-0.39, 0.29) is 0 Å². The molecule has 0 atom stereocenters. The third-order valence-corrected chi connectivity index (χ3v) is 3.52. The van der Waals surface area contributed by atoms with Crippen molar-refractivity contribution in [1.82, 2.24) is 9.55 Å². The lowest BCUT2D eigenvalue weighted by Crippen LogP contribution is -2.02. The molecule has 1 aliphatic carbocycles. The first kappa shape index (κ1) is 10.6. The smallest absolute Gasteiger partial charge is 0.113 e. The van der Waals surface area contributed by atoms with E-state index in [0.29, 0.717) is 5.92 Å². The Kier molecular flexibility index (Phi) is 2.54. The van der Waals surface area contributed by atoms with Gasteiger partial charge in [-0.15, -0.1) is 0 Å². The Morgan fingerprint density at radius 1 is 1.41 bits per heavy atom. The molecule has 1 aromatic carbocycles. The van der Waals surface area contributed by atoms with Crippen molar-refractivity contribution in [2.45, 2.75) is 45.1 Å². The van der Waals surface area contributed by atoms with Gasteiger partial charge in [0.15, 0.2) is 0 Å². The SMILES string of the molecule is CCCCn1c(C2CC2)nc2c(N)cccc21. The summed E-state index contributed by atoms with van der Waals surface area (Å²) in [6.07, 6.45) is 5.00. The molecule has 0 amide bonds. The minimum atomic E-state index is 0.679. The number of nitrogen functional groups attached to an aromatic ring is 1. The molecule has 1 fully saturated rings. The fourth-order valence-electron chi connectivity index (χ4n) is 2.39. The van der Waals surface area contributed by atoms with Gasteiger partial charge in [0.05, 0.1) is 11.2 Å². The summed E-state index contributed by atoms with van der Waals surface area (Å²) >= 11 is 0. The van der Waals surface area contributed by atoms with Gasteiger partial charge < -0.3 is 10.3 Å². The fraction of sp³-hybridized carbons (Fsp3) is 0.500. The van der Waals surface area contributed by atoms with Crippen molar-refractivity contribution in [3.05, 3.63) is 24.0 Å².